The summed E-state index contributed by atoms with van der Waals surface area (Å²) in [6, 6.07) is 0.142. The third kappa shape index (κ3) is 3.15. The Morgan fingerprint density at radius 3 is 2.80 bits per heavy atom. The van der Waals surface area contributed by atoms with Crippen molar-refractivity contribution in [2.45, 2.75) is 56.7 Å². The van der Waals surface area contributed by atoms with Crippen molar-refractivity contribution in [3.63, 3.8) is 0 Å². The van der Waals surface area contributed by atoms with E-state index in [2.05, 4.69) is 17.1 Å². The number of nitrogens with one attached hydrogen (secondary N) is 1. The van der Waals surface area contributed by atoms with E-state index in [9.17, 15) is 9.90 Å². The van der Waals surface area contributed by atoms with Crippen molar-refractivity contribution < 1.29 is 9.90 Å². The highest BCUT2D eigenvalue weighted by Crippen LogP contribution is 2.30. The maximum atomic E-state index is 13.0. The minimum atomic E-state index is -0.372. The maximum absolute atomic E-state index is 13.0. The van der Waals surface area contributed by atoms with Gasteiger partial charge in [0.05, 0.1) is 11.6 Å². The van der Waals surface area contributed by atoms with Crippen LogP contribution in [-0.2, 0) is 4.79 Å². The molecule has 0 aliphatic carbocycles. The van der Waals surface area contributed by atoms with Gasteiger partial charge in [0.25, 0.3) is 0 Å². The predicted molar refractivity (Wildman–Crippen MR) is 79.6 cm³/mol. The summed E-state index contributed by atoms with van der Waals surface area (Å²) in [5.74, 6) is 0.209. The Kier molecular flexibility index (Phi) is 5.04. The lowest BCUT2D eigenvalue weighted by Crippen LogP contribution is -2.57. The van der Waals surface area contributed by atoms with Gasteiger partial charge in [0.2, 0.25) is 5.91 Å². The molecule has 0 aromatic rings. The van der Waals surface area contributed by atoms with Gasteiger partial charge in [-0.25, -0.2) is 0 Å². The van der Waals surface area contributed by atoms with E-state index in [0.717, 1.165) is 38.8 Å². The zero-order valence-electron chi connectivity index (χ0n) is 13.1. The number of amides is 1. The molecular weight excluding hydrogens is 254 g/mol. The Balaban J connectivity index is 2.12. The summed E-state index contributed by atoms with van der Waals surface area (Å²) in [5.41, 5.74) is -0.372. The van der Waals surface area contributed by atoms with Crippen LogP contribution in [0.3, 0.4) is 0 Å². The number of nitrogens with zero attached hydrogens (tertiary/aromatic N) is 2. The summed E-state index contributed by atoms with van der Waals surface area (Å²) in [6.45, 7) is 4.38. The Morgan fingerprint density at radius 2 is 2.25 bits per heavy atom. The molecule has 2 aliphatic heterocycles. The minimum Gasteiger partial charge on any atom is -0.391 e. The lowest BCUT2D eigenvalue weighted by Gasteiger charge is -2.36. The molecule has 0 aromatic heterocycles. The highest BCUT2D eigenvalue weighted by atomic mass is 16.3. The molecule has 2 heterocycles. The molecule has 0 bridgehead atoms. The smallest absolute Gasteiger partial charge is 0.243 e. The van der Waals surface area contributed by atoms with Crippen LogP contribution in [0, 0.1) is 0 Å². The Morgan fingerprint density at radius 1 is 1.50 bits per heavy atom. The lowest BCUT2D eigenvalue weighted by atomic mass is 9.90. The molecule has 2 saturated heterocycles. The fraction of sp³-hybridized carbons (Fsp3) is 0.933. The topological polar surface area (TPSA) is 55.8 Å². The van der Waals surface area contributed by atoms with Gasteiger partial charge in [-0.05, 0) is 46.3 Å². The van der Waals surface area contributed by atoms with Crippen molar-refractivity contribution >= 4 is 5.91 Å². The number of likely N-dealkylation sites (tertiary alicyclic amines) is 1. The van der Waals surface area contributed by atoms with E-state index in [1.54, 1.807) is 0 Å². The van der Waals surface area contributed by atoms with Crippen LogP contribution in [0.25, 0.3) is 0 Å². The first kappa shape index (κ1) is 15.7. The van der Waals surface area contributed by atoms with Gasteiger partial charge in [0.1, 0.15) is 0 Å². The number of hydrogen-bond acceptors (Lipinski definition) is 4. The summed E-state index contributed by atoms with van der Waals surface area (Å²) in [5, 5.41) is 13.4. The van der Waals surface area contributed by atoms with E-state index >= 15 is 0 Å². The van der Waals surface area contributed by atoms with Gasteiger partial charge >= 0.3 is 0 Å². The lowest BCUT2D eigenvalue weighted by molar-refractivity contribution is -0.139. The molecule has 5 heteroatoms. The number of carbonyl (C=O) groups excluding carboxylic acids is 1. The third-order valence-electron chi connectivity index (χ3n) is 4.56. The number of likely N-dealkylation sites (N-methyl/N-ethyl adjacent to an activating group) is 1. The first-order valence-corrected chi connectivity index (χ1v) is 7.87. The fourth-order valence-electron chi connectivity index (χ4n) is 3.75. The van der Waals surface area contributed by atoms with E-state index in [0.29, 0.717) is 13.0 Å². The second-order valence-corrected chi connectivity index (χ2v) is 6.63. The Bertz CT molecular complexity index is 340. The van der Waals surface area contributed by atoms with E-state index < -0.39 is 0 Å². The summed E-state index contributed by atoms with van der Waals surface area (Å²) < 4.78 is 0. The predicted octanol–water partition coefficient (Wildman–Crippen LogP) is 0.432. The van der Waals surface area contributed by atoms with Gasteiger partial charge in [-0.1, -0.05) is 13.3 Å². The third-order valence-corrected chi connectivity index (χ3v) is 4.56. The van der Waals surface area contributed by atoms with Gasteiger partial charge in [-0.3, -0.25) is 4.79 Å². The van der Waals surface area contributed by atoms with Crippen LogP contribution >= 0.6 is 0 Å². The second-order valence-electron chi connectivity index (χ2n) is 6.63. The van der Waals surface area contributed by atoms with Crippen molar-refractivity contribution in [1.29, 1.82) is 0 Å². The molecule has 0 saturated carbocycles. The van der Waals surface area contributed by atoms with Crippen LogP contribution in [0.2, 0.25) is 0 Å². The van der Waals surface area contributed by atoms with Crippen LogP contribution in [0.15, 0.2) is 0 Å². The van der Waals surface area contributed by atoms with Crippen molar-refractivity contribution in [3.8, 4) is 0 Å². The summed E-state index contributed by atoms with van der Waals surface area (Å²) in [4.78, 5) is 17.1. The number of aliphatic hydroxyl groups is 1. The molecule has 5 nitrogen and oxygen atoms in total. The molecule has 0 spiro atoms. The summed E-state index contributed by atoms with van der Waals surface area (Å²) >= 11 is 0. The second kappa shape index (κ2) is 6.41. The fourth-order valence-corrected chi connectivity index (χ4v) is 3.75. The van der Waals surface area contributed by atoms with Gasteiger partial charge in [-0.2, -0.15) is 0 Å². The molecule has 2 aliphatic rings. The zero-order chi connectivity index (χ0) is 14.8. The number of β-amino-alcohol motifs (C(OH)–C–C–N with tert-alkyl or cyclic N) is 1. The monoisotopic (exact) mass is 283 g/mol. The average Bonchev–Trinajstić information content (AvgIpc) is 2.96. The van der Waals surface area contributed by atoms with Gasteiger partial charge in [0.15, 0.2) is 0 Å². The largest absolute Gasteiger partial charge is 0.391 e. The highest BCUT2D eigenvalue weighted by Gasteiger charge is 2.46. The molecule has 2 fully saturated rings. The van der Waals surface area contributed by atoms with Crippen molar-refractivity contribution in [2.75, 3.05) is 33.7 Å². The van der Waals surface area contributed by atoms with Crippen molar-refractivity contribution in [3.05, 3.63) is 0 Å². The molecule has 3 unspecified atom stereocenters. The first-order valence-electron chi connectivity index (χ1n) is 7.87. The molecule has 2 N–H and O–H groups in total. The van der Waals surface area contributed by atoms with E-state index in [-0.39, 0.29) is 23.6 Å². The zero-order valence-corrected chi connectivity index (χ0v) is 13.1. The molecule has 0 aromatic carbocycles. The molecule has 0 radical (unpaired) electrons. The molecule has 116 valence electrons. The molecular formula is C15H29N3O2. The van der Waals surface area contributed by atoms with Gasteiger partial charge in [-0.15, -0.1) is 0 Å². The van der Waals surface area contributed by atoms with Crippen LogP contribution in [0.5, 0.6) is 0 Å². The molecule has 3 atom stereocenters. The molecule has 2 rings (SSSR count). The normalized spacial score (nSPS) is 34.1. The van der Waals surface area contributed by atoms with Crippen LogP contribution in [0.4, 0.5) is 0 Å². The molecule has 20 heavy (non-hydrogen) atoms. The van der Waals surface area contributed by atoms with E-state index in [1.807, 2.05) is 19.0 Å². The summed E-state index contributed by atoms with van der Waals surface area (Å²) in [6.07, 6.45) is 4.23. The number of aliphatic hydroxyl groups excluding tert-OH is 1. The summed E-state index contributed by atoms with van der Waals surface area (Å²) in [7, 11) is 4.03. The van der Waals surface area contributed by atoms with Crippen LogP contribution in [-0.4, -0.2) is 72.2 Å². The van der Waals surface area contributed by atoms with E-state index in [4.69, 9.17) is 0 Å². The average molecular weight is 283 g/mol. The Labute approximate surface area is 122 Å². The van der Waals surface area contributed by atoms with Gasteiger partial charge < -0.3 is 20.2 Å². The molecule has 1 amide bonds. The first-order chi connectivity index (χ1) is 9.48. The highest BCUT2D eigenvalue weighted by molar-refractivity contribution is 5.87. The number of carbonyl (C=O) groups is 1. The van der Waals surface area contributed by atoms with Crippen molar-refractivity contribution in [1.82, 2.24) is 15.1 Å². The Hall–Kier alpha value is -0.650. The van der Waals surface area contributed by atoms with Crippen LogP contribution in [0.1, 0.15) is 39.0 Å². The number of rotatable bonds is 5. The number of hydrogen-bond donors (Lipinski definition) is 2. The SMILES string of the molecule is CCCC1(C(=O)N2CC(O)CC2CN(C)C)CCCN1. The standard InChI is InChI=1S/C15H29N3O2/c1-4-6-15(7-5-8-16-15)14(20)18-11-13(19)9-12(18)10-17(2)3/h12-13,16,19H,4-11H2,1-3H3. The maximum Gasteiger partial charge on any atom is 0.243 e. The van der Waals surface area contributed by atoms with Gasteiger partial charge in [0, 0.05) is 19.1 Å². The quantitative estimate of drug-likeness (QED) is 0.768. The minimum absolute atomic E-state index is 0.142. The van der Waals surface area contributed by atoms with Crippen LogP contribution < -0.4 is 5.32 Å². The van der Waals surface area contributed by atoms with E-state index in [1.165, 1.54) is 0 Å². The van der Waals surface area contributed by atoms with Crippen molar-refractivity contribution in [2.24, 2.45) is 0 Å².